The van der Waals surface area contributed by atoms with Gasteiger partial charge in [-0.25, -0.2) is 4.79 Å². The summed E-state index contributed by atoms with van der Waals surface area (Å²) in [5, 5.41) is 15.1. The van der Waals surface area contributed by atoms with Gasteiger partial charge >= 0.3 is 6.09 Å². The second-order valence-corrected chi connectivity index (χ2v) is 8.99. The number of aliphatic hydroxyl groups is 1. The van der Waals surface area contributed by atoms with E-state index in [4.69, 9.17) is 4.74 Å². The number of alkyl carbamates (subject to hydrolysis) is 1. The molecule has 3 N–H and O–H groups in total. The quantitative estimate of drug-likeness (QED) is 0.582. The summed E-state index contributed by atoms with van der Waals surface area (Å²) in [5.41, 5.74) is 1.84. The molecule has 0 bridgehead atoms. The molecule has 1 aromatic carbocycles. The Labute approximate surface area is 185 Å². The molecule has 3 amide bonds. The predicted molar refractivity (Wildman–Crippen MR) is 120 cm³/mol. The molecular weight excluding hydrogens is 398 g/mol. The molecule has 0 saturated carbocycles. The molecular formula is C23H37N3O5. The molecule has 2 unspecified atom stereocenters. The molecule has 174 valence electrons. The fourth-order valence-electron chi connectivity index (χ4n) is 3.31. The minimum absolute atomic E-state index is 0.122. The van der Waals surface area contributed by atoms with Gasteiger partial charge in [0.2, 0.25) is 11.8 Å². The summed E-state index contributed by atoms with van der Waals surface area (Å²) in [6, 6.07) is 3.44. The number of amides is 3. The topological polar surface area (TPSA) is 108 Å². The second-order valence-electron chi connectivity index (χ2n) is 8.99. The maximum absolute atomic E-state index is 13.3. The van der Waals surface area contributed by atoms with Crippen LogP contribution in [0.2, 0.25) is 0 Å². The minimum Gasteiger partial charge on any atom is -0.444 e. The van der Waals surface area contributed by atoms with Gasteiger partial charge in [-0.1, -0.05) is 29.3 Å². The number of nitrogens with one attached hydrogen (secondary N) is 2. The van der Waals surface area contributed by atoms with E-state index in [1.165, 1.54) is 4.90 Å². The normalized spacial score (nSPS) is 13.4. The lowest BCUT2D eigenvalue weighted by atomic mass is 9.98. The minimum atomic E-state index is -1.24. The van der Waals surface area contributed by atoms with Crippen LogP contribution in [0.1, 0.15) is 64.3 Å². The molecule has 0 aliphatic heterocycles. The highest BCUT2D eigenvalue weighted by Gasteiger charge is 2.35. The van der Waals surface area contributed by atoms with E-state index in [-0.39, 0.29) is 18.5 Å². The molecule has 1 rings (SSSR count). The van der Waals surface area contributed by atoms with Crippen LogP contribution in [0.15, 0.2) is 18.2 Å². The first-order valence-electron chi connectivity index (χ1n) is 10.6. The number of hydrogen-bond donors (Lipinski definition) is 3. The summed E-state index contributed by atoms with van der Waals surface area (Å²) in [5.74, 6) is -0.900. The zero-order valence-electron chi connectivity index (χ0n) is 19.9. The third-order valence-corrected chi connectivity index (χ3v) is 4.35. The Bertz CT molecular complexity index is 766. The van der Waals surface area contributed by atoms with Gasteiger partial charge in [0.05, 0.1) is 6.61 Å². The van der Waals surface area contributed by atoms with Gasteiger partial charge in [0, 0.05) is 12.6 Å². The summed E-state index contributed by atoms with van der Waals surface area (Å²) in [6.07, 6.45) is -0.814. The average molecular weight is 436 g/mol. The van der Waals surface area contributed by atoms with E-state index < -0.39 is 36.3 Å². The fraction of sp³-hybridized carbons (Fsp3) is 0.609. The first-order chi connectivity index (χ1) is 14.3. The van der Waals surface area contributed by atoms with Crippen molar-refractivity contribution in [3.8, 4) is 0 Å². The maximum Gasteiger partial charge on any atom is 0.408 e. The van der Waals surface area contributed by atoms with Crippen molar-refractivity contribution in [2.45, 2.75) is 79.1 Å². The Morgan fingerprint density at radius 3 is 2.03 bits per heavy atom. The Hall–Kier alpha value is -2.61. The van der Waals surface area contributed by atoms with Crippen LogP contribution < -0.4 is 10.6 Å². The van der Waals surface area contributed by atoms with Crippen molar-refractivity contribution < 1.29 is 24.2 Å². The SMILES string of the molecule is CCN(C(=O)C(CO)NC(=O)OC(C)(C)C)C(C(=O)NC(C)C)c1cc(C)cc(C)c1. The van der Waals surface area contributed by atoms with Gasteiger partial charge in [-0.05, 0) is 61.0 Å². The van der Waals surface area contributed by atoms with Crippen LogP contribution in [-0.2, 0) is 14.3 Å². The van der Waals surface area contributed by atoms with Crippen molar-refractivity contribution in [2.75, 3.05) is 13.2 Å². The van der Waals surface area contributed by atoms with E-state index >= 15 is 0 Å². The monoisotopic (exact) mass is 435 g/mol. The number of rotatable bonds is 8. The molecule has 8 nitrogen and oxygen atoms in total. The number of ether oxygens (including phenoxy) is 1. The van der Waals surface area contributed by atoms with E-state index in [2.05, 4.69) is 10.6 Å². The highest BCUT2D eigenvalue weighted by Crippen LogP contribution is 2.25. The molecule has 2 atom stereocenters. The molecule has 0 heterocycles. The zero-order valence-corrected chi connectivity index (χ0v) is 19.9. The summed E-state index contributed by atoms with van der Waals surface area (Å²) < 4.78 is 5.20. The number of benzene rings is 1. The Balaban J connectivity index is 3.30. The van der Waals surface area contributed by atoms with Crippen molar-refractivity contribution in [3.05, 3.63) is 34.9 Å². The maximum atomic E-state index is 13.3. The molecule has 0 aliphatic carbocycles. The second kappa shape index (κ2) is 11.1. The highest BCUT2D eigenvalue weighted by atomic mass is 16.6. The first-order valence-corrected chi connectivity index (χ1v) is 10.6. The fourth-order valence-corrected chi connectivity index (χ4v) is 3.31. The van der Waals surface area contributed by atoms with Crippen LogP contribution in [-0.4, -0.2) is 58.8 Å². The first kappa shape index (κ1) is 26.4. The van der Waals surface area contributed by atoms with Crippen LogP contribution in [0.4, 0.5) is 4.79 Å². The van der Waals surface area contributed by atoms with Gasteiger partial charge in [-0.2, -0.15) is 0 Å². The van der Waals surface area contributed by atoms with Gasteiger partial charge in [0.1, 0.15) is 17.7 Å². The predicted octanol–water partition coefficient (Wildman–Crippen LogP) is 2.60. The zero-order chi connectivity index (χ0) is 23.9. The van der Waals surface area contributed by atoms with Gasteiger partial charge < -0.3 is 25.4 Å². The van der Waals surface area contributed by atoms with E-state index in [0.29, 0.717) is 5.56 Å². The van der Waals surface area contributed by atoms with Crippen molar-refractivity contribution >= 4 is 17.9 Å². The van der Waals surface area contributed by atoms with Gasteiger partial charge in [-0.3, -0.25) is 9.59 Å². The molecule has 0 fully saturated rings. The number of hydrogen-bond acceptors (Lipinski definition) is 5. The summed E-state index contributed by atoms with van der Waals surface area (Å²) >= 11 is 0. The van der Waals surface area contributed by atoms with Crippen LogP contribution in [0.25, 0.3) is 0 Å². The lowest BCUT2D eigenvalue weighted by Crippen LogP contribution is -2.54. The lowest BCUT2D eigenvalue weighted by Gasteiger charge is -2.34. The van der Waals surface area contributed by atoms with Crippen LogP contribution in [0, 0.1) is 13.8 Å². The number of aryl methyl sites for hydroxylation is 2. The molecule has 0 radical (unpaired) electrons. The number of aliphatic hydroxyl groups excluding tert-OH is 1. The van der Waals surface area contributed by atoms with Crippen molar-refractivity contribution in [1.82, 2.24) is 15.5 Å². The number of likely N-dealkylation sites (N-methyl/N-ethyl adjacent to an activating group) is 1. The summed E-state index contributed by atoms with van der Waals surface area (Å²) in [7, 11) is 0. The van der Waals surface area contributed by atoms with E-state index in [9.17, 15) is 19.5 Å². The Morgan fingerprint density at radius 2 is 1.61 bits per heavy atom. The molecule has 8 heteroatoms. The van der Waals surface area contributed by atoms with Gasteiger partial charge in [-0.15, -0.1) is 0 Å². The van der Waals surface area contributed by atoms with Crippen molar-refractivity contribution in [3.63, 3.8) is 0 Å². The molecule has 0 aliphatic rings. The van der Waals surface area contributed by atoms with E-state index in [1.807, 2.05) is 45.9 Å². The number of nitrogens with zero attached hydrogens (tertiary/aromatic N) is 1. The summed E-state index contributed by atoms with van der Waals surface area (Å²) in [6.45, 7) is 14.0. The van der Waals surface area contributed by atoms with Crippen LogP contribution in [0.3, 0.4) is 0 Å². The van der Waals surface area contributed by atoms with Gasteiger partial charge in [0.15, 0.2) is 0 Å². The molecule has 31 heavy (non-hydrogen) atoms. The van der Waals surface area contributed by atoms with E-state index in [0.717, 1.165) is 11.1 Å². The van der Waals surface area contributed by atoms with Crippen LogP contribution in [0.5, 0.6) is 0 Å². The molecule has 0 aromatic heterocycles. The standard InChI is InChI=1S/C23H37N3O5/c1-9-26(21(29)18(13-27)25-22(30)31-23(6,7)8)19(20(28)24-14(2)3)17-11-15(4)10-16(5)12-17/h10-12,14,18-19,27H,9,13H2,1-8H3,(H,24,28)(H,25,30). The van der Waals surface area contributed by atoms with Crippen molar-refractivity contribution in [1.29, 1.82) is 0 Å². The molecule has 1 aromatic rings. The number of carbonyl (C=O) groups excluding carboxylic acids is 3. The van der Waals surface area contributed by atoms with Crippen molar-refractivity contribution in [2.24, 2.45) is 0 Å². The third-order valence-electron chi connectivity index (χ3n) is 4.35. The van der Waals surface area contributed by atoms with Crippen LogP contribution >= 0.6 is 0 Å². The smallest absolute Gasteiger partial charge is 0.408 e. The molecule has 0 saturated heterocycles. The van der Waals surface area contributed by atoms with E-state index in [1.54, 1.807) is 27.7 Å². The highest BCUT2D eigenvalue weighted by molar-refractivity contribution is 5.92. The number of carbonyl (C=O) groups is 3. The lowest BCUT2D eigenvalue weighted by molar-refractivity contribution is -0.143. The molecule has 0 spiro atoms. The largest absolute Gasteiger partial charge is 0.444 e. The Kier molecular flexibility index (Phi) is 9.49. The Morgan fingerprint density at radius 1 is 1.06 bits per heavy atom. The summed E-state index contributed by atoms with van der Waals surface area (Å²) in [4.78, 5) is 39.9. The van der Waals surface area contributed by atoms with Gasteiger partial charge in [0.25, 0.3) is 0 Å². The third kappa shape index (κ3) is 8.20. The average Bonchev–Trinajstić information content (AvgIpc) is 2.60.